The molecule has 1 fully saturated rings. The summed E-state index contributed by atoms with van der Waals surface area (Å²) in [4.78, 5) is 31.6. The van der Waals surface area contributed by atoms with Crippen molar-refractivity contribution in [2.45, 2.75) is 20.3 Å². The third-order valence-electron chi connectivity index (χ3n) is 5.48. The van der Waals surface area contributed by atoms with Crippen molar-refractivity contribution in [1.82, 2.24) is 4.98 Å². The average Bonchev–Trinajstić information content (AvgIpc) is 3.37. The van der Waals surface area contributed by atoms with E-state index in [0.717, 1.165) is 33.8 Å². The summed E-state index contributed by atoms with van der Waals surface area (Å²) in [5.74, 6) is 0.108. The maximum atomic E-state index is 12.8. The number of amides is 2. The van der Waals surface area contributed by atoms with Crippen molar-refractivity contribution in [3.05, 3.63) is 59.0 Å². The van der Waals surface area contributed by atoms with Crippen molar-refractivity contribution in [2.75, 3.05) is 23.9 Å². The molecule has 1 unspecified atom stereocenters. The second kappa shape index (κ2) is 8.28. The first kappa shape index (κ1) is 20.1. The Labute approximate surface area is 179 Å². The lowest BCUT2D eigenvalue weighted by Gasteiger charge is -2.20. The van der Waals surface area contributed by atoms with Crippen LogP contribution < -0.4 is 15.0 Å². The number of ether oxygens (including phenoxy) is 1. The minimum Gasteiger partial charge on any atom is -0.496 e. The topological polar surface area (TPSA) is 71.5 Å². The summed E-state index contributed by atoms with van der Waals surface area (Å²) in [7, 11) is 1.62. The Morgan fingerprint density at radius 3 is 2.80 bits per heavy atom. The number of nitrogens with zero attached hydrogens (tertiary/aromatic N) is 2. The maximum absolute atomic E-state index is 12.8. The van der Waals surface area contributed by atoms with E-state index in [1.807, 2.05) is 61.7 Å². The molecule has 0 saturated carbocycles. The second-order valence-corrected chi connectivity index (χ2v) is 8.21. The number of anilines is 2. The van der Waals surface area contributed by atoms with Gasteiger partial charge in [-0.2, -0.15) is 0 Å². The van der Waals surface area contributed by atoms with Crippen LogP contribution in [0.4, 0.5) is 10.8 Å². The molecule has 1 aromatic heterocycles. The van der Waals surface area contributed by atoms with Crippen molar-refractivity contribution in [1.29, 1.82) is 0 Å². The SMILES string of the molecule is COc1ccccc1-c1csc(NC(=O)C2CC(=O)N(c3cccc(C)c3C)C2)n1. The first-order chi connectivity index (χ1) is 14.5. The first-order valence-corrected chi connectivity index (χ1v) is 10.6. The van der Waals surface area contributed by atoms with E-state index >= 15 is 0 Å². The standard InChI is InChI=1S/C23H23N3O3S/c1-14-7-6-9-19(15(14)2)26-12-16(11-21(26)27)22(28)25-23-24-18(13-30-23)17-8-4-5-10-20(17)29-3/h4-10,13,16H,11-12H2,1-3H3,(H,24,25,28). The molecule has 1 atom stereocenters. The van der Waals surface area contributed by atoms with Gasteiger partial charge in [0.25, 0.3) is 0 Å². The third-order valence-corrected chi connectivity index (χ3v) is 6.24. The molecule has 3 aromatic rings. The van der Waals surface area contributed by atoms with Crippen molar-refractivity contribution in [3.8, 4) is 17.0 Å². The van der Waals surface area contributed by atoms with Crippen molar-refractivity contribution >= 4 is 34.0 Å². The van der Waals surface area contributed by atoms with Gasteiger partial charge in [0.1, 0.15) is 5.75 Å². The van der Waals surface area contributed by atoms with Crippen LogP contribution in [-0.4, -0.2) is 30.5 Å². The highest BCUT2D eigenvalue weighted by Gasteiger charge is 2.36. The van der Waals surface area contributed by atoms with Gasteiger partial charge in [-0.3, -0.25) is 9.59 Å². The van der Waals surface area contributed by atoms with Gasteiger partial charge in [0, 0.05) is 29.6 Å². The quantitative estimate of drug-likeness (QED) is 0.662. The molecule has 4 rings (SSSR count). The van der Waals surface area contributed by atoms with E-state index in [4.69, 9.17) is 4.74 Å². The molecule has 0 spiro atoms. The Morgan fingerprint density at radius 1 is 1.20 bits per heavy atom. The van der Waals surface area contributed by atoms with Crippen LogP contribution >= 0.6 is 11.3 Å². The number of aromatic nitrogens is 1. The number of hydrogen-bond donors (Lipinski definition) is 1. The van der Waals surface area contributed by atoms with Gasteiger partial charge in [0.2, 0.25) is 11.8 Å². The normalized spacial score (nSPS) is 16.0. The van der Waals surface area contributed by atoms with Crippen LogP contribution in [-0.2, 0) is 9.59 Å². The lowest BCUT2D eigenvalue weighted by Crippen LogP contribution is -2.28. The number of carbonyl (C=O) groups is 2. The highest BCUT2D eigenvalue weighted by Crippen LogP contribution is 2.33. The number of para-hydroxylation sites is 1. The summed E-state index contributed by atoms with van der Waals surface area (Å²) in [6.07, 6.45) is 0.198. The Balaban J connectivity index is 1.47. The van der Waals surface area contributed by atoms with Crippen LogP contribution in [0.15, 0.2) is 47.8 Å². The molecule has 6 nitrogen and oxygen atoms in total. The smallest absolute Gasteiger partial charge is 0.231 e. The van der Waals surface area contributed by atoms with Gasteiger partial charge in [-0.1, -0.05) is 24.3 Å². The van der Waals surface area contributed by atoms with E-state index < -0.39 is 5.92 Å². The zero-order valence-electron chi connectivity index (χ0n) is 17.1. The van der Waals surface area contributed by atoms with Gasteiger partial charge in [-0.25, -0.2) is 4.98 Å². The Morgan fingerprint density at radius 2 is 2.00 bits per heavy atom. The Hall–Kier alpha value is -3.19. The molecule has 1 saturated heterocycles. The largest absolute Gasteiger partial charge is 0.496 e. The summed E-state index contributed by atoms with van der Waals surface area (Å²) in [6.45, 7) is 4.39. The molecular weight excluding hydrogens is 398 g/mol. The Kier molecular flexibility index (Phi) is 5.55. The molecule has 0 radical (unpaired) electrons. The van der Waals surface area contributed by atoms with Crippen LogP contribution in [0, 0.1) is 19.8 Å². The summed E-state index contributed by atoms with van der Waals surface area (Å²) in [6, 6.07) is 13.5. The van der Waals surface area contributed by atoms with Gasteiger partial charge in [0.15, 0.2) is 5.13 Å². The van der Waals surface area contributed by atoms with Gasteiger partial charge in [0.05, 0.1) is 18.7 Å². The molecular formula is C23H23N3O3S. The highest BCUT2D eigenvalue weighted by molar-refractivity contribution is 7.14. The lowest BCUT2D eigenvalue weighted by molar-refractivity contribution is -0.122. The number of carbonyl (C=O) groups excluding carboxylic acids is 2. The van der Waals surface area contributed by atoms with Gasteiger partial charge in [-0.15, -0.1) is 11.3 Å². The number of thiazole rings is 1. The number of aryl methyl sites for hydroxylation is 1. The zero-order valence-corrected chi connectivity index (χ0v) is 18.0. The molecule has 1 aliphatic heterocycles. The van der Waals surface area contributed by atoms with Crippen LogP contribution in [0.1, 0.15) is 17.5 Å². The number of nitrogens with one attached hydrogen (secondary N) is 1. The van der Waals surface area contributed by atoms with Crippen molar-refractivity contribution < 1.29 is 14.3 Å². The summed E-state index contributed by atoms with van der Waals surface area (Å²) in [5.41, 5.74) is 4.68. The Bertz CT molecular complexity index is 1110. The molecule has 0 bridgehead atoms. The summed E-state index contributed by atoms with van der Waals surface area (Å²) >= 11 is 1.36. The molecule has 7 heteroatoms. The van der Waals surface area contributed by atoms with Gasteiger partial charge >= 0.3 is 0 Å². The monoisotopic (exact) mass is 421 g/mol. The van der Waals surface area contributed by atoms with Crippen molar-refractivity contribution in [2.24, 2.45) is 5.92 Å². The zero-order chi connectivity index (χ0) is 21.3. The van der Waals surface area contributed by atoms with E-state index in [9.17, 15) is 9.59 Å². The predicted octanol–water partition coefficient (Wildman–Crippen LogP) is 4.43. The minimum atomic E-state index is -0.406. The van der Waals surface area contributed by atoms with E-state index in [0.29, 0.717) is 11.7 Å². The molecule has 0 aliphatic carbocycles. The van der Waals surface area contributed by atoms with E-state index in [-0.39, 0.29) is 18.2 Å². The van der Waals surface area contributed by atoms with Crippen molar-refractivity contribution in [3.63, 3.8) is 0 Å². The lowest BCUT2D eigenvalue weighted by atomic mass is 10.1. The van der Waals surface area contributed by atoms with Crippen LogP contribution in [0.3, 0.4) is 0 Å². The summed E-state index contributed by atoms with van der Waals surface area (Å²) < 4.78 is 5.39. The van der Waals surface area contributed by atoms with E-state index in [2.05, 4.69) is 10.3 Å². The highest BCUT2D eigenvalue weighted by atomic mass is 32.1. The van der Waals surface area contributed by atoms with Gasteiger partial charge < -0.3 is 15.0 Å². The fourth-order valence-electron chi connectivity index (χ4n) is 3.66. The summed E-state index contributed by atoms with van der Waals surface area (Å²) in [5, 5.41) is 5.28. The predicted molar refractivity (Wildman–Crippen MR) is 119 cm³/mol. The first-order valence-electron chi connectivity index (χ1n) is 9.74. The maximum Gasteiger partial charge on any atom is 0.231 e. The molecule has 30 heavy (non-hydrogen) atoms. The second-order valence-electron chi connectivity index (χ2n) is 7.35. The molecule has 2 amide bonds. The van der Waals surface area contributed by atoms with E-state index in [1.165, 1.54) is 11.3 Å². The fourth-order valence-corrected chi connectivity index (χ4v) is 4.38. The van der Waals surface area contributed by atoms with E-state index in [1.54, 1.807) is 12.0 Å². The van der Waals surface area contributed by atoms with Gasteiger partial charge in [-0.05, 0) is 43.2 Å². The minimum absolute atomic E-state index is 0.0299. The average molecular weight is 422 g/mol. The number of benzene rings is 2. The van der Waals surface area contributed by atoms with Crippen LogP contribution in [0.25, 0.3) is 11.3 Å². The fraction of sp³-hybridized carbons (Fsp3) is 0.261. The molecule has 2 aromatic carbocycles. The number of methoxy groups -OCH3 is 1. The molecule has 1 aliphatic rings. The molecule has 1 N–H and O–H groups in total. The van der Waals surface area contributed by atoms with Crippen LogP contribution in [0.2, 0.25) is 0 Å². The number of hydrogen-bond acceptors (Lipinski definition) is 5. The molecule has 2 heterocycles. The van der Waals surface area contributed by atoms with Crippen LogP contribution in [0.5, 0.6) is 5.75 Å². The molecule has 154 valence electrons. The number of rotatable bonds is 5. The third kappa shape index (κ3) is 3.80.